The molecule has 0 aliphatic carbocycles. The van der Waals surface area contributed by atoms with Crippen molar-refractivity contribution < 1.29 is 9.53 Å². The van der Waals surface area contributed by atoms with Crippen molar-refractivity contribution in [1.82, 2.24) is 4.57 Å². The summed E-state index contributed by atoms with van der Waals surface area (Å²) < 4.78 is 7.84. The summed E-state index contributed by atoms with van der Waals surface area (Å²) in [6, 6.07) is 5.44. The molecule has 1 aromatic heterocycles. The fourth-order valence-corrected chi connectivity index (χ4v) is 2.93. The van der Waals surface area contributed by atoms with E-state index in [-0.39, 0.29) is 18.0 Å². The molecule has 2 rings (SSSR count). The first kappa shape index (κ1) is 12.9. The summed E-state index contributed by atoms with van der Waals surface area (Å²) in [4.78, 5) is 23.0. The van der Waals surface area contributed by atoms with Gasteiger partial charge in [-0.15, -0.1) is 6.42 Å². The summed E-state index contributed by atoms with van der Waals surface area (Å²) in [6.07, 6.45) is 4.99. The molecule has 1 aromatic carbocycles. The van der Waals surface area contributed by atoms with Crippen LogP contribution in [-0.4, -0.2) is 17.1 Å². The lowest BCUT2D eigenvalue weighted by molar-refractivity contribution is -0.142. The van der Waals surface area contributed by atoms with Crippen molar-refractivity contribution in [3.05, 3.63) is 32.3 Å². The van der Waals surface area contributed by atoms with Gasteiger partial charge in [0.2, 0.25) is 0 Å². The van der Waals surface area contributed by atoms with Crippen molar-refractivity contribution in [2.45, 2.75) is 6.54 Å². The molecule has 6 heteroatoms. The monoisotopic (exact) mass is 325 g/mol. The molecule has 4 nitrogen and oxygen atoms in total. The minimum absolute atomic E-state index is 0.0821. The number of benzene rings is 1. The molecule has 0 fully saturated rings. The predicted molar refractivity (Wildman–Crippen MR) is 73.6 cm³/mol. The fourth-order valence-electron chi connectivity index (χ4n) is 1.49. The average Bonchev–Trinajstić information content (AvgIpc) is 2.62. The van der Waals surface area contributed by atoms with Crippen molar-refractivity contribution >= 4 is 43.5 Å². The second-order valence-electron chi connectivity index (χ2n) is 3.43. The normalized spacial score (nSPS) is 10.2. The summed E-state index contributed by atoms with van der Waals surface area (Å²) >= 11 is 4.42. The van der Waals surface area contributed by atoms with E-state index >= 15 is 0 Å². The molecule has 1 heterocycles. The standard InChI is InChI=1S/C12H8BrNO3S/c1-2-5-17-11(15)7-14-9-4-3-8(13)6-10(9)18-12(14)16/h1,3-4,6H,5,7H2. The Balaban J connectivity index is 2.34. The summed E-state index contributed by atoms with van der Waals surface area (Å²) in [6.45, 7) is -0.205. The van der Waals surface area contributed by atoms with Gasteiger partial charge in [0, 0.05) is 4.47 Å². The zero-order valence-corrected chi connectivity index (χ0v) is 11.6. The topological polar surface area (TPSA) is 48.3 Å². The van der Waals surface area contributed by atoms with Crippen LogP contribution in [0.1, 0.15) is 0 Å². The molecule has 0 amide bonds. The lowest BCUT2D eigenvalue weighted by Gasteiger charge is -2.03. The molecule has 0 N–H and O–H groups in total. The lowest BCUT2D eigenvalue weighted by Crippen LogP contribution is -2.21. The molecule has 0 saturated carbocycles. The SMILES string of the molecule is C#CCOC(=O)Cn1c(=O)sc2cc(Br)ccc21. The number of terminal acetylenes is 1. The third-order valence-corrected chi connectivity index (χ3v) is 3.67. The smallest absolute Gasteiger partial charge is 0.327 e. The zero-order chi connectivity index (χ0) is 13.1. The van der Waals surface area contributed by atoms with Gasteiger partial charge in [0.15, 0.2) is 6.61 Å². The predicted octanol–water partition coefficient (Wildman–Crippen LogP) is 2.00. The molecule has 0 bridgehead atoms. The van der Waals surface area contributed by atoms with Crippen LogP contribution in [0.4, 0.5) is 0 Å². The van der Waals surface area contributed by atoms with Gasteiger partial charge in [-0.1, -0.05) is 33.2 Å². The van der Waals surface area contributed by atoms with E-state index in [9.17, 15) is 9.59 Å². The largest absolute Gasteiger partial charge is 0.451 e. The van der Waals surface area contributed by atoms with Crippen molar-refractivity contribution in [3.8, 4) is 12.3 Å². The second kappa shape index (κ2) is 5.38. The maximum atomic E-state index is 11.8. The molecule has 92 valence electrons. The Morgan fingerprint density at radius 3 is 3.06 bits per heavy atom. The van der Waals surface area contributed by atoms with Crippen molar-refractivity contribution in [3.63, 3.8) is 0 Å². The number of fused-ring (bicyclic) bond motifs is 1. The van der Waals surface area contributed by atoms with Gasteiger partial charge in [-0.3, -0.25) is 14.2 Å². The Hall–Kier alpha value is -1.58. The third kappa shape index (κ3) is 2.63. The van der Waals surface area contributed by atoms with Crippen LogP contribution in [0.15, 0.2) is 27.5 Å². The van der Waals surface area contributed by atoms with Crippen LogP contribution in [0.3, 0.4) is 0 Å². The van der Waals surface area contributed by atoms with Gasteiger partial charge in [0.25, 0.3) is 0 Å². The van der Waals surface area contributed by atoms with Crippen LogP contribution in [0.2, 0.25) is 0 Å². The first-order valence-corrected chi connectivity index (χ1v) is 6.61. The van der Waals surface area contributed by atoms with Gasteiger partial charge in [-0.2, -0.15) is 0 Å². The second-order valence-corrected chi connectivity index (χ2v) is 5.34. The van der Waals surface area contributed by atoms with Gasteiger partial charge in [0.05, 0.1) is 10.2 Å². The molecule has 0 unspecified atom stereocenters. The highest BCUT2D eigenvalue weighted by Gasteiger charge is 2.11. The van der Waals surface area contributed by atoms with E-state index in [2.05, 4.69) is 21.9 Å². The Kier molecular flexibility index (Phi) is 3.84. The number of esters is 1. The Morgan fingerprint density at radius 1 is 1.56 bits per heavy atom. The van der Waals surface area contributed by atoms with Crippen molar-refractivity contribution in [1.29, 1.82) is 0 Å². The highest BCUT2D eigenvalue weighted by Crippen LogP contribution is 2.21. The number of carbonyl (C=O) groups excluding carboxylic acids is 1. The molecule has 0 aliphatic heterocycles. The summed E-state index contributed by atoms with van der Waals surface area (Å²) in [7, 11) is 0. The van der Waals surface area contributed by atoms with Crippen LogP contribution in [-0.2, 0) is 16.1 Å². The summed E-state index contributed by atoms with van der Waals surface area (Å²) in [5.41, 5.74) is 0.714. The minimum atomic E-state index is -0.516. The zero-order valence-electron chi connectivity index (χ0n) is 9.18. The number of thiazole rings is 1. The van der Waals surface area contributed by atoms with Crippen LogP contribution >= 0.6 is 27.3 Å². The van der Waals surface area contributed by atoms with Crippen LogP contribution in [0.5, 0.6) is 0 Å². The highest BCUT2D eigenvalue weighted by molar-refractivity contribution is 9.10. The van der Waals surface area contributed by atoms with Crippen LogP contribution in [0.25, 0.3) is 10.2 Å². The van der Waals surface area contributed by atoms with E-state index in [1.807, 2.05) is 12.1 Å². The third-order valence-electron chi connectivity index (χ3n) is 2.23. The Bertz CT molecular complexity index is 695. The molecular weight excluding hydrogens is 318 g/mol. The van der Waals surface area contributed by atoms with Crippen LogP contribution in [0, 0.1) is 12.3 Å². The molecule has 0 atom stereocenters. The van der Waals surface area contributed by atoms with E-state index < -0.39 is 5.97 Å². The summed E-state index contributed by atoms with van der Waals surface area (Å²) in [5, 5.41) is 0. The Morgan fingerprint density at radius 2 is 2.33 bits per heavy atom. The van der Waals surface area contributed by atoms with E-state index in [1.54, 1.807) is 6.07 Å². The first-order chi connectivity index (χ1) is 8.61. The number of hydrogen-bond acceptors (Lipinski definition) is 4. The first-order valence-electron chi connectivity index (χ1n) is 5.00. The minimum Gasteiger partial charge on any atom is -0.451 e. The number of carbonyl (C=O) groups is 1. The van der Waals surface area contributed by atoms with Crippen molar-refractivity contribution in [2.75, 3.05) is 6.61 Å². The fraction of sp³-hybridized carbons (Fsp3) is 0.167. The van der Waals surface area contributed by atoms with E-state index in [4.69, 9.17) is 11.2 Å². The molecule has 2 aromatic rings. The van der Waals surface area contributed by atoms with Crippen molar-refractivity contribution in [2.24, 2.45) is 0 Å². The molecule has 0 radical (unpaired) electrons. The van der Waals surface area contributed by atoms with Gasteiger partial charge in [0.1, 0.15) is 6.54 Å². The average molecular weight is 326 g/mol. The van der Waals surface area contributed by atoms with E-state index in [1.165, 1.54) is 4.57 Å². The molecule has 18 heavy (non-hydrogen) atoms. The summed E-state index contributed by atoms with van der Waals surface area (Å²) in [5.74, 6) is 1.69. The van der Waals surface area contributed by atoms with E-state index in [0.717, 1.165) is 20.5 Å². The number of ether oxygens (including phenoxy) is 1. The number of nitrogens with zero attached hydrogens (tertiary/aromatic N) is 1. The maximum absolute atomic E-state index is 11.8. The van der Waals surface area contributed by atoms with Crippen LogP contribution < -0.4 is 4.87 Å². The lowest BCUT2D eigenvalue weighted by atomic mass is 10.3. The van der Waals surface area contributed by atoms with Gasteiger partial charge < -0.3 is 4.74 Å². The number of hydrogen-bond donors (Lipinski definition) is 0. The quantitative estimate of drug-likeness (QED) is 0.640. The molecule has 0 aliphatic rings. The molecule has 0 saturated heterocycles. The van der Waals surface area contributed by atoms with Gasteiger partial charge in [-0.25, -0.2) is 0 Å². The number of rotatable bonds is 3. The molecular formula is C12H8BrNO3S. The van der Waals surface area contributed by atoms with E-state index in [0.29, 0.717) is 5.52 Å². The van der Waals surface area contributed by atoms with Gasteiger partial charge in [-0.05, 0) is 18.2 Å². The number of aromatic nitrogens is 1. The molecule has 0 spiro atoms. The highest BCUT2D eigenvalue weighted by atomic mass is 79.9. The van der Waals surface area contributed by atoms with Gasteiger partial charge >= 0.3 is 10.8 Å². The Labute approximate surface area is 115 Å². The number of halogens is 1. The maximum Gasteiger partial charge on any atom is 0.327 e.